The second kappa shape index (κ2) is 8.48. The van der Waals surface area contributed by atoms with Gasteiger partial charge in [-0.3, -0.25) is 14.5 Å². The van der Waals surface area contributed by atoms with Crippen LogP contribution in [0.25, 0.3) is 6.08 Å². The van der Waals surface area contributed by atoms with Crippen LogP contribution in [0.4, 0.5) is 0 Å². The number of hydrogen-bond donors (Lipinski definition) is 2. The molecule has 0 bridgehead atoms. The number of carbonyl (C=O) groups excluding carboxylic acids is 2. The van der Waals surface area contributed by atoms with Gasteiger partial charge >= 0.3 is 0 Å². The molecule has 2 aromatic rings. The first kappa shape index (κ1) is 18.6. The molecule has 1 saturated heterocycles. The lowest BCUT2D eigenvalue weighted by Gasteiger charge is -2.14. The predicted octanol–water partition coefficient (Wildman–Crippen LogP) is 3.01. The first-order valence-electron chi connectivity index (χ1n) is 7.86. The van der Waals surface area contributed by atoms with E-state index in [2.05, 4.69) is 5.32 Å². The van der Waals surface area contributed by atoms with E-state index in [1.165, 1.54) is 28.0 Å². The highest BCUT2D eigenvalue weighted by Crippen LogP contribution is 2.32. The van der Waals surface area contributed by atoms with E-state index in [4.69, 9.17) is 12.2 Å². The molecule has 1 aromatic heterocycles. The lowest BCUT2D eigenvalue weighted by molar-refractivity contribution is -0.128. The minimum absolute atomic E-state index is 0.0813. The number of thiocarbonyl (C=S) groups is 1. The Morgan fingerprint density at radius 1 is 1.27 bits per heavy atom. The smallest absolute Gasteiger partial charge is 0.266 e. The van der Waals surface area contributed by atoms with Crippen LogP contribution in [0.15, 0.2) is 46.7 Å². The monoisotopic (exact) mass is 404 g/mol. The summed E-state index contributed by atoms with van der Waals surface area (Å²) in [5.41, 5.74) is 1.01. The average molecular weight is 405 g/mol. The Hall–Kier alpha value is -2.16. The van der Waals surface area contributed by atoms with Crippen molar-refractivity contribution in [3.8, 4) is 5.75 Å². The average Bonchev–Trinajstić information content (AvgIpc) is 3.21. The molecule has 134 valence electrons. The van der Waals surface area contributed by atoms with Crippen LogP contribution < -0.4 is 5.32 Å². The van der Waals surface area contributed by atoms with Crippen LogP contribution in [0.2, 0.25) is 0 Å². The largest absolute Gasteiger partial charge is 0.508 e. The molecule has 0 saturated carbocycles. The Morgan fingerprint density at radius 3 is 2.73 bits per heavy atom. The van der Waals surface area contributed by atoms with Crippen LogP contribution in [0.5, 0.6) is 5.75 Å². The van der Waals surface area contributed by atoms with Gasteiger partial charge in [-0.1, -0.05) is 42.2 Å². The molecule has 8 heteroatoms. The second-order valence-electron chi connectivity index (χ2n) is 5.55. The number of phenolic OH excluding ortho intramolecular Hbond substituents is 1. The van der Waals surface area contributed by atoms with Crippen LogP contribution >= 0.6 is 35.3 Å². The summed E-state index contributed by atoms with van der Waals surface area (Å²) in [6.45, 7) is 0.367. The van der Waals surface area contributed by atoms with E-state index < -0.39 is 0 Å². The van der Waals surface area contributed by atoms with Crippen LogP contribution in [0.1, 0.15) is 10.4 Å². The van der Waals surface area contributed by atoms with Crippen LogP contribution in [0.3, 0.4) is 0 Å². The van der Waals surface area contributed by atoms with E-state index in [-0.39, 0.29) is 24.1 Å². The minimum atomic E-state index is -0.252. The summed E-state index contributed by atoms with van der Waals surface area (Å²) in [4.78, 5) is 27.4. The topological polar surface area (TPSA) is 69.6 Å². The van der Waals surface area contributed by atoms with E-state index in [9.17, 15) is 14.7 Å². The van der Waals surface area contributed by atoms with Crippen molar-refractivity contribution in [2.75, 3.05) is 13.1 Å². The standard InChI is InChI=1S/C18H16N2O3S3/c21-13-5-3-12(4-6-13)7-8-19-16(22)11-20-17(23)15(26-18(20)24)10-14-2-1-9-25-14/h1-6,9-10,21H,7-8,11H2,(H,19,22)/b15-10-. The van der Waals surface area contributed by atoms with Gasteiger partial charge in [-0.25, -0.2) is 0 Å². The molecule has 0 atom stereocenters. The summed E-state index contributed by atoms with van der Waals surface area (Å²) in [7, 11) is 0. The van der Waals surface area contributed by atoms with E-state index in [1.807, 2.05) is 17.5 Å². The third-order valence-electron chi connectivity index (χ3n) is 3.66. The van der Waals surface area contributed by atoms with E-state index in [1.54, 1.807) is 30.3 Å². The summed E-state index contributed by atoms with van der Waals surface area (Å²) in [6, 6.07) is 10.7. The third-order valence-corrected chi connectivity index (χ3v) is 5.86. The molecule has 2 heterocycles. The van der Waals surface area contributed by atoms with Crippen molar-refractivity contribution < 1.29 is 14.7 Å². The molecule has 1 fully saturated rings. The Labute approximate surface area is 164 Å². The summed E-state index contributed by atoms with van der Waals surface area (Å²) in [5, 5.41) is 14.0. The minimum Gasteiger partial charge on any atom is -0.508 e. The molecule has 0 radical (unpaired) electrons. The van der Waals surface area contributed by atoms with Gasteiger partial charge in [-0.05, 0) is 41.6 Å². The highest BCUT2D eigenvalue weighted by molar-refractivity contribution is 8.26. The van der Waals surface area contributed by atoms with E-state index >= 15 is 0 Å². The van der Waals surface area contributed by atoms with Crippen LogP contribution in [-0.2, 0) is 16.0 Å². The van der Waals surface area contributed by atoms with Gasteiger partial charge in [0.2, 0.25) is 5.91 Å². The SMILES string of the molecule is O=C(CN1C(=O)/C(=C/c2cccs2)SC1=S)NCCc1ccc(O)cc1. The first-order chi connectivity index (χ1) is 12.5. The summed E-state index contributed by atoms with van der Waals surface area (Å²) in [5.74, 6) is -0.276. The third kappa shape index (κ3) is 4.72. The second-order valence-corrected chi connectivity index (χ2v) is 8.20. The summed E-state index contributed by atoms with van der Waals surface area (Å²) in [6.07, 6.45) is 2.44. The predicted molar refractivity (Wildman–Crippen MR) is 109 cm³/mol. The van der Waals surface area contributed by atoms with Gasteiger partial charge in [0.25, 0.3) is 5.91 Å². The van der Waals surface area contributed by atoms with Crippen molar-refractivity contribution in [1.29, 1.82) is 0 Å². The van der Waals surface area contributed by atoms with Crippen molar-refractivity contribution in [1.82, 2.24) is 10.2 Å². The molecular weight excluding hydrogens is 388 g/mol. The Balaban J connectivity index is 1.51. The normalized spacial score (nSPS) is 15.7. The molecule has 1 aliphatic rings. The zero-order valence-electron chi connectivity index (χ0n) is 13.7. The number of phenols is 1. The molecular formula is C18H16N2O3S3. The molecule has 0 spiro atoms. The lowest BCUT2D eigenvalue weighted by atomic mass is 10.1. The Bertz CT molecular complexity index is 845. The van der Waals surface area contributed by atoms with Gasteiger partial charge in [-0.15, -0.1) is 11.3 Å². The maximum atomic E-state index is 12.5. The van der Waals surface area contributed by atoms with Crippen molar-refractivity contribution in [3.05, 3.63) is 57.1 Å². The van der Waals surface area contributed by atoms with Gasteiger partial charge in [-0.2, -0.15) is 0 Å². The number of amides is 2. The number of thioether (sulfide) groups is 1. The number of rotatable bonds is 6. The number of aromatic hydroxyl groups is 1. The first-order valence-corrected chi connectivity index (χ1v) is 9.97. The maximum Gasteiger partial charge on any atom is 0.266 e. The lowest BCUT2D eigenvalue weighted by Crippen LogP contribution is -2.40. The van der Waals surface area contributed by atoms with Crippen molar-refractivity contribution >= 4 is 57.5 Å². The van der Waals surface area contributed by atoms with E-state index in [0.717, 1.165) is 10.4 Å². The molecule has 0 aliphatic carbocycles. The number of thiophene rings is 1. The fourth-order valence-electron chi connectivity index (χ4n) is 2.35. The molecule has 5 nitrogen and oxygen atoms in total. The molecule has 1 aliphatic heterocycles. The Morgan fingerprint density at radius 2 is 2.04 bits per heavy atom. The highest BCUT2D eigenvalue weighted by atomic mass is 32.2. The van der Waals surface area contributed by atoms with Crippen LogP contribution in [-0.4, -0.2) is 39.2 Å². The molecule has 1 aromatic carbocycles. The van der Waals surface area contributed by atoms with E-state index in [0.29, 0.717) is 22.2 Å². The number of nitrogens with zero attached hydrogens (tertiary/aromatic N) is 1. The fraction of sp³-hybridized carbons (Fsp3) is 0.167. The van der Waals surface area contributed by atoms with Crippen LogP contribution in [0, 0.1) is 0 Å². The van der Waals surface area contributed by atoms with Gasteiger partial charge in [0.15, 0.2) is 0 Å². The van der Waals surface area contributed by atoms with Crippen molar-refractivity contribution in [2.45, 2.75) is 6.42 Å². The quantitative estimate of drug-likeness (QED) is 0.572. The van der Waals surface area contributed by atoms with Crippen molar-refractivity contribution in [2.24, 2.45) is 0 Å². The zero-order chi connectivity index (χ0) is 18.5. The Kier molecular flexibility index (Phi) is 6.08. The molecule has 2 N–H and O–H groups in total. The fourth-order valence-corrected chi connectivity index (χ4v) is 4.33. The zero-order valence-corrected chi connectivity index (χ0v) is 16.1. The van der Waals surface area contributed by atoms with Crippen molar-refractivity contribution in [3.63, 3.8) is 0 Å². The molecule has 2 amide bonds. The molecule has 0 unspecified atom stereocenters. The number of hydrogen-bond acceptors (Lipinski definition) is 6. The van der Waals surface area contributed by atoms with Gasteiger partial charge < -0.3 is 10.4 Å². The number of carbonyl (C=O) groups is 2. The van der Waals surface area contributed by atoms with Gasteiger partial charge in [0, 0.05) is 11.4 Å². The number of nitrogens with one attached hydrogen (secondary N) is 1. The summed E-state index contributed by atoms with van der Waals surface area (Å²) < 4.78 is 0.395. The summed E-state index contributed by atoms with van der Waals surface area (Å²) >= 11 is 7.99. The van der Waals surface area contributed by atoms with Gasteiger partial charge in [0.05, 0.1) is 4.91 Å². The number of benzene rings is 1. The van der Waals surface area contributed by atoms with Gasteiger partial charge in [0.1, 0.15) is 16.6 Å². The maximum absolute atomic E-state index is 12.5. The molecule has 3 rings (SSSR count). The molecule has 26 heavy (non-hydrogen) atoms. The highest BCUT2D eigenvalue weighted by Gasteiger charge is 2.33.